The molecule has 0 unspecified atom stereocenters. The fourth-order valence-corrected chi connectivity index (χ4v) is 3.58. The monoisotopic (exact) mass is 361 g/mol. The molecule has 0 aliphatic carbocycles. The number of aryl methyl sites for hydroxylation is 2. The van der Waals surface area contributed by atoms with E-state index in [4.69, 9.17) is 16.6 Å². The average molecular weight is 362 g/mol. The SMILES string of the molecule is Cc1[nH]c(-c2cc(C)n(-c3ccc(Cl)cc3)c2C)nc1-c1ccccc1. The van der Waals surface area contributed by atoms with E-state index in [1.165, 1.54) is 0 Å². The molecule has 0 atom stereocenters. The molecule has 0 aliphatic heterocycles. The molecule has 0 radical (unpaired) electrons. The third kappa shape index (κ3) is 2.85. The van der Waals surface area contributed by atoms with Gasteiger partial charge >= 0.3 is 0 Å². The largest absolute Gasteiger partial charge is 0.341 e. The summed E-state index contributed by atoms with van der Waals surface area (Å²) in [6.07, 6.45) is 0. The molecule has 0 aliphatic rings. The first kappa shape index (κ1) is 16.7. The van der Waals surface area contributed by atoms with Gasteiger partial charge in [-0.2, -0.15) is 0 Å². The van der Waals surface area contributed by atoms with E-state index in [1.807, 2.05) is 42.5 Å². The molecule has 26 heavy (non-hydrogen) atoms. The van der Waals surface area contributed by atoms with Crippen LogP contribution in [0.5, 0.6) is 0 Å². The van der Waals surface area contributed by atoms with Crippen molar-refractivity contribution in [2.24, 2.45) is 0 Å². The Morgan fingerprint density at radius 1 is 0.923 bits per heavy atom. The van der Waals surface area contributed by atoms with Gasteiger partial charge in [0, 0.05) is 38.9 Å². The second-order valence-electron chi connectivity index (χ2n) is 6.52. The summed E-state index contributed by atoms with van der Waals surface area (Å²) in [5.74, 6) is 0.898. The third-order valence-corrected chi connectivity index (χ3v) is 4.95. The summed E-state index contributed by atoms with van der Waals surface area (Å²) in [4.78, 5) is 8.34. The van der Waals surface area contributed by atoms with Crippen LogP contribution in [0.15, 0.2) is 60.7 Å². The maximum atomic E-state index is 6.03. The van der Waals surface area contributed by atoms with Crippen molar-refractivity contribution >= 4 is 11.6 Å². The van der Waals surface area contributed by atoms with Crippen molar-refractivity contribution in [3.63, 3.8) is 0 Å². The molecule has 2 aromatic heterocycles. The lowest BCUT2D eigenvalue weighted by molar-refractivity contribution is 0.965. The minimum Gasteiger partial charge on any atom is -0.341 e. The van der Waals surface area contributed by atoms with Gasteiger partial charge in [0.15, 0.2) is 0 Å². The van der Waals surface area contributed by atoms with Crippen molar-refractivity contribution in [3.8, 4) is 28.3 Å². The first-order chi connectivity index (χ1) is 12.5. The molecule has 130 valence electrons. The fourth-order valence-electron chi connectivity index (χ4n) is 3.46. The van der Waals surface area contributed by atoms with Crippen molar-refractivity contribution in [2.45, 2.75) is 20.8 Å². The zero-order valence-electron chi connectivity index (χ0n) is 15.0. The summed E-state index contributed by atoms with van der Waals surface area (Å²) in [6, 6.07) is 20.4. The summed E-state index contributed by atoms with van der Waals surface area (Å²) in [5.41, 5.74) is 7.72. The zero-order valence-corrected chi connectivity index (χ0v) is 15.8. The fraction of sp³-hybridized carbons (Fsp3) is 0.136. The molecular weight excluding hydrogens is 342 g/mol. The van der Waals surface area contributed by atoms with Crippen molar-refractivity contribution in [2.75, 3.05) is 0 Å². The van der Waals surface area contributed by atoms with Crippen molar-refractivity contribution in [3.05, 3.63) is 82.8 Å². The lowest BCUT2D eigenvalue weighted by Crippen LogP contribution is -1.98. The topological polar surface area (TPSA) is 33.6 Å². The molecule has 2 aromatic carbocycles. The number of rotatable bonds is 3. The van der Waals surface area contributed by atoms with E-state index in [0.29, 0.717) is 0 Å². The molecule has 2 heterocycles. The minimum absolute atomic E-state index is 0.741. The van der Waals surface area contributed by atoms with Crippen LogP contribution in [0.4, 0.5) is 0 Å². The molecule has 0 bridgehead atoms. The van der Waals surface area contributed by atoms with Crippen LogP contribution in [0.2, 0.25) is 5.02 Å². The number of halogens is 1. The number of nitrogens with one attached hydrogen (secondary N) is 1. The van der Waals surface area contributed by atoms with Crippen molar-refractivity contribution in [1.82, 2.24) is 14.5 Å². The van der Waals surface area contributed by atoms with Crippen LogP contribution in [-0.4, -0.2) is 14.5 Å². The Hall–Kier alpha value is -2.78. The number of aromatic amines is 1. The molecule has 0 amide bonds. The Kier molecular flexibility index (Phi) is 4.17. The van der Waals surface area contributed by atoms with Gasteiger partial charge in [-0.05, 0) is 51.1 Å². The molecule has 0 spiro atoms. The van der Waals surface area contributed by atoms with Crippen LogP contribution >= 0.6 is 11.6 Å². The van der Waals surface area contributed by atoms with E-state index in [0.717, 1.165) is 50.4 Å². The molecule has 4 aromatic rings. The second kappa shape index (κ2) is 6.50. The maximum absolute atomic E-state index is 6.03. The van der Waals surface area contributed by atoms with Gasteiger partial charge in [0.25, 0.3) is 0 Å². The van der Waals surface area contributed by atoms with E-state index in [9.17, 15) is 0 Å². The van der Waals surface area contributed by atoms with E-state index in [-0.39, 0.29) is 0 Å². The highest BCUT2D eigenvalue weighted by atomic mass is 35.5. The molecule has 4 heteroatoms. The molecule has 0 fully saturated rings. The first-order valence-corrected chi connectivity index (χ1v) is 8.99. The highest BCUT2D eigenvalue weighted by Crippen LogP contribution is 2.31. The van der Waals surface area contributed by atoms with E-state index >= 15 is 0 Å². The summed E-state index contributed by atoms with van der Waals surface area (Å²) >= 11 is 6.03. The predicted molar refractivity (Wildman–Crippen MR) is 108 cm³/mol. The number of hydrogen-bond donors (Lipinski definition) is 1. The molecule has 1 N–H and O–H groups in total. The minimum atomic E-state index is 0.741. The van der Waals surface area contributed by atoms with Gasteiger partial charge in [0.1, 0.15) is 5.82 Å². The Morgan fingerprint density at radius 2 is 1.62 bits per heavy atom. The molecule has 3 nitrogen and oxygen atoms in total. The smallest absolute Gasteiger partial charge is 0.140 e. The number of aromatic nitrogens is 3. The van der Waals surface area contributed by atoms with Crippen LogP contribution < -0.4 is 0 Å². The molecule has 0 saturated heterocycles. The number of imidazole rings is 1. The standard InChI is InChI=1S/C22H20ClN3/c1-14-13-20(16(3)26(14)19-11-9-18(23)10-12-19)22-24-15(2)21(25-22)17-7-5-4-6-8-17/h4-13H,1-3H3,(H,24,25). The van der Waals surface area contributed by atoms with Crippen LogP contribution in [0.25, 0.3) is 28.3 Å². The van der Waals surface area contributed by atoms with E-state index in [1.54, 1.807) is 0 Å². The van der Waals surface area contributed by atoms with Gasteiger partial charge in [-0.1, -0.05) is 41.9 Å². The van der Waals surface area contributed by atoms with Gasteiger partial charge in [-0.15, -0.1) is 0 Å². The van der Waals surface area contributed by atoms with Gasteiger partial charge in [0.2, 0.25) is 0 Å². The Bertz CT molecular complexity index is 1060. The normalized spacial score (nSPS) is 11.1. The van der Waals surface area contributed by atoms with Gasteiger partial charge in [-0.3, -0.25) is 0 Å². The van der Waals surface area contributed by atoms with Gasteiger partial charge < -0.3 is 9.55 Å². The van der Waals surface area contributed by atoms with Crippen LogP contribution in [0.3, 0.4) is 0 Å². The van der Waals surface area contributed by atoms with E-state index in [2.05, 4.69) is 48.5 Å². The van der Waals surface area contributed by atoms with Gasteiger partial charge in [0.05, 0.1) is 5.69 Å². The lowest BCUT2D eigenvalue weighted by Gasteiger charge is -2.09. The maximum Gasteiger partial charge on any atom is 0.140 e. The summed E-state index contributed by atoms with van der Waals surface area (Å²) in [6.45, 7) is 6.30. The quantitative estimate of drug-likeness (QED) is 0.469. The number of hydrogen-bond acceptors (Lipinski definition) is 1. The van der Waals surface area contributed by atoms with Crippen LogP contribution in [0.1, 0.15) is 17.1 Å². The summed E-state index contributed by atoms with van der Waals surface area (Å²) in [7, 11) is 0. The highest BCUT2D eigenvalue weighted by Gasteiger charge is 2.17. The molecular formula is C22H20ClN3. The Balaban J connectivity index is 1.80. The summed E-state index contributed by atoms with van der Waals surface area (Å²) < 4.78 is 2.23. The van der Waals surface area contributed by atoms with Crippen molar-refractivity contribution < 1.29 is 0 Å². The number of benzene rings is 2. The zero-order chi connectivity index (χ0) is 18.3. The first-order valence-electron chi connectivity index (χ1n) is 8.62. The second-order valence-corrected chi connectivity index (χ2v) is 6.96. The predicted octanol–water partition coefficient (Wildman–Crippen LogP) is 6.11. The summed E-state index contributed by atoms with van der Waals surface area (Å²) in [5, 5.41) is 0.741. The van der Waals surface area contributed by atoms with Crippen molar-refractivity contribution in [1.29, 1.82) is 0 Å². The Labute approximate surface area is 158 Å². The Morgan fingerprint density at radius 3 is 2.31 bits per heavy atom. The van der Waals surface area contributed by atoms with Crippen LogP contribution in [-0.2, 0) is 0 Å². The highest BCUT2D eigenvalue weighted by molar-refractivity contribution is 6.30. The number of H-pyrrole nitrogens is 1. The van der Waals surface area contributed by atoms with Gasteiger partial charge in [-0.25, -0.2) is 4.98 Å². The molecule has 0 saturated carbocycles. The molecule has 4 rings (SSSR count). The number of nitrogens with zero attached hydrogens (tertiary/aromatic N) is 2. The van der Waals surface area contributed by atoms with E-state index < -0.39 is 0 Å². The average Bonchev–Trinajstić information content (AvgIpc) is 3.16. The lowest BCUT2D eigenvalue weighted by atomic mass is 10.1. The van der Waals surface area contributed by atoms with Crippen LogP contribution in [0, 0.1) is 20.8 Å². The third-order valence-electron chi connectivity index (χ3n) is 4.70.